The van der Waals surface area contributed by atoms with Gasteiger partial charge >= 0.3 is 49.6 Å². The summed E-state index contributed by atoms with van der Waals surface area (Å²) in [5.41, 5.74) is 0. The van der Waals surface area contributed by atoms with Gasteiger partial charge in [0.15, 0.2) is 0 Å². The van der Waals surface area contributed by atoms with E-state index in [9.17, 15) is 0 Å². The Morgan fingerprint density at radius 3 is 0.750 bits per heavy atom. The van der Waals surface area contributed by atoms with E-state index in [-0.39, 0.29) is 30.4 Å². The van der Waals surface area contributed by atoms with E-state index in [4.69, 9.17) is 35.7 Å². The fourth-order valence-corrected chi connectivity index (χ4v) is 0. The molecule has 0 aromatic heterocycles. The summed E-state index contributed by atoms with van der Waals surface area (Å²) in [6, 6.07) is 0. The minimum Gasteiger partial charge on any atom is 0 e. The van der Waals surface area contributed by atoms with Crippen LogP contribution in [0.1, 0.15) is 0 Å². The molecule has 0 unspecified atom stereocenters. The smallest absolute Gasteiger partial charge is 0 e. The molecule has 0 aliphatic rings. The first-order valence-corrected chi connectivity index (χ1v) is 15.2. The van der Waals surface area contributed by atoms with E-state index in [0.717, 1.165) is 0 Å². The third-order valence-corrected chi connectivity index (χ3v) is 0. The number of rotatable bonds is 0. The fraction of sp³-hybridized carbons (Fsp3) is 0. The number of halogens is 4. The molecule has 0 aliphatic carbocycles. The van der Waals surface area contributed by atoms with Gasteiger partial charge in [-0.05, 0) is 0 Å². The summed E-state index contributed by atoms with van der Waals surface area (Å²) in [5, 5.41) is 0. The summed E-state index contributed by atoms with van der Waals surface area (Å²) in [7, 11) is 20.1. The molecule has 0 aromatic carbocycles. The molecule has 0 amide bonds. The fourth-order valence-electron chi connectivity index (χ4n) is 0. The van der Waals surface area contributed by atoms with Gasteiger partial charge in [0.05, 0.1) is 0 Å². The SMILES string of the molecule is O.O.[Cl][Sn]([Cl])([Cl])[Cl].[Zn]. The first kappa shape index (κ1) is 22.4. The van der Waals surface area contributed by atoms with Crippen LogP contribution in [0.2, 0.25) is 0 Å². The normalized spacial score (nSPS) is 7.50. The van der Waals surface area contributed by atoms with Crippen molar-refractivity contribution in [2.45, 2.75) is 0 Å². The molecule has 0 bridgehead atoms. The van der Waals surface area contributed by atoms with Crippen molar-refractivity contribution in [1.29, 1.82) is 0 Å². The Morgan fingerprint density at radius 1 is 0.750 bits per heavy atom. The summed E-state index contributed by atoms with van der Waals surface area (Å²) in [6.45, 7) is 0. The topological polar surface area (TPSA) is 63.0 Å². The van der Waals surface area contributed by atoms with Crippen molar-refractivity contribution >= 4 is 49.6 Å². The number of hydrogen-bond donors (Lipinski definition) is 0. The van der Waals surface area contributed by atoms with Gasteiger partial charge in [0, 0.05) is 19.5 Å². The monoisotopic (exact) mass is 360 g/mol. The minimum atomic E-state index is -3.29. The van der Waals surface area contributed by atoms with Gasteiger partial charge in [-0.3, -0.25) is 0 Å². The molecule has 0 aromatic rings. The average molecular weight is 362 g/mol. The molecule has 0 saturated carbocycles. The zero-order valence-corrected chi connectivity index (χ0v) is 12.6. The van der Waals surface area contributed by atoms with Crippen molar-refractivity contribution in [2.24, 2.45) is 0 Å². The van der Waals surface area contributed by atoms with Crippen molar-refractivity contribution in [2.75, 3.05) is 0 Å². The summed E-state index contributed by atoms with van der Waals surface area (Å²) in [4.78, 5) is 0. The van der Waals surface area contributed by atoms with E-state index in [1.807, 2.05) is 0 Å². The standard InChI is InChI=1S/4ClH.2H2O.Sn.Zn/h4*1H;2*1H2;;/q;;;;;;+4;/p-4. The molecular formula is H4Cl4O2SnZn. The van der Waals surface area contributed by atoms with Gasteiger partial charge in [-0.2, -0.15) is 0 Å². The Kier molecular flexibility index (Phi) is 26.6. The van der Waals surface area contributed by atoms with Gasteiger partial charge in [0.25, 0.3) is 0 Å². The molecule has 8 heavy (non-hydrogen) atoms. The zero-order valence-electron chi connectivity index (χ0n) is 3.72. The van der Waals surface area contributed by atoms with Crippen LogP contribution < -0.4 is 0 Å². The second-order valence-corrected chi connectivity index (χ2v) is 25.9. The third-order valence-electron chi connectivity index (χ3n) is 0. The van der Waals surface area contributed by atoms with Crippen LogP contribution in [0.25, 0.3) is 0 Å². The van der Waals surface area contributed by atoms with Gasteiger partial charge in [0.2, 0.25) is 0 Å². The van der Waals surface area contributed by atoms with Crippen LogP contribution in [-0.4, -0.2) is 24.8 Å². The number of hydrogen-bond acceptors (Lipinski definition) is 0. The van der Waals surface area contributed by atoms with E-state index in [2.05, 4.69) is 0 Å². The van der Waals surface area contributed by atoms with Gasteiger partial charge in [-0.1, -0.05) is 0 Å². The second-order valence-electron chi connectivity index (χ2n) is 0.429. The molecular weight excluding hydrogens is 358 g/mol. The van der Waals surface area contributed by atoms with Crippen LogP contribution >= 0.6 is 35.7 Å². The van der Waals surface area contributed by atoms with Crippen LogP contribution in [-0.2, 0) is 19.5 Å². The molecule has 50 valence electrons. The van der Waals surface area contributed by atoms with Crippen molar-refractivity contribution in [3.63, 3.8) is 0 Å². The van der Waals surface area contributed by atoms with Crippen LogP contribution in [0.5, 0.6) is 0 Å². The van der Waals surface area contributed by atoms with E-state index in [1.165, 1.54) is 0 Å². The third kappa shape index (κ3) is 76.4. The van der Waals surface area contributed by atoms with E-state index < -0.39 is 13.9 Å². The van der Waals surface area contributed by atoms with Gasteiger partial charge in [0.1, 0.15) is 0 Å². The van der Waals surface area contributed by atoms with Gasteiger partial charge < -0.3 is 11.0 Å². The molecule has 0 radical (unpaired) electrons. The molecule has 0 rings (SSSR count). The molecule has 0 atom stereocenters. The molecule has 2 nitrogen and oxygen atoms in total. The Balaban J connectivity index is -0.0000000267. The first-order chi connectivity index (χ1) is 2.00. The quantitative estimate of drug-likeness (QED) is 0.571. The molecule has 0 fully saturated rings. The van der Waals surface area contributed by atoms with Crippen LogP contribution in [0.4, 0.5) is 0 Å². The predicted molar refractivity (Wildman–Crippen MR) is 36.4 cm³/mol. The Labute approximate surface area is 78.9 Å². The molecule has 0 saturated heterocycles. The predicted octanol–water partition coefficient (Wildman–Crippen LogP) is 0.725. The molecule has 8 heteroatoms. The van der Waals surface area contributed by atoms with Crippen molar-refractivity contribution in [3.05, 3.63) is 0 Å². The maximum absolute atomic E-state index is 5.04. The summed E-state index contributed by atoms with van der Waals surface area (Å²) >= 11 is -3.29. The van der Waals surface area contributed by atoms with E-state index >= 15 is 0 Å². The molecule has 0 aliphatic heterocycles. The van der Waals surface area contributed by atoms with E-state index in [0.29, 0.717) is 0 Å². The minimum absolute atomic E-state index is 0. The van der Waals surface area contributed by atoms with Crippen molar-refractivity contribution < 1.29 is 30.4 Å². The summed E-state index contributed by atoms with van der Waals surface area (Å²) in [6.07, 6.45) is 0. The summed E-state index contributed by atoms with van der Waals surface area (Å²) in [5.74, 6) is 0. The zero-order chi connectivity index (χ0) is 4.50. The largest absolute Gasteiger partial charge is 0 e. The molecule has 4 N–H and O–H groups in total. The van der Waals surface area contributed by atoms with Crippen molar-refractivity contribution in [1.82, 2.24) is 0 Å². The van der Waals surface area contributed by atoms with Gasteiger partial charge in [-0.25, -0.2) is 0 Å². The Morgan fingerprint density at radius 2 is 0.750 bits per heavy atom. The summed E-state index contributed by atoms with van der Waals surface area (Å²) < 4.78 is 0. The van der Waals surface area contributed by atoms with E-state index in [1.54, 1.807) is 0 Å². The van der Waals surface area contributed by atoms with Crippen molar-refractivity contribution in [3.8, 4) is 0 Å². The van der Waals surface area contributed by atoms with Crippen LogP contribution in [0, 0.1) is 0 Å². The maximum atomic E-state index is 5.04. The maximum Gasteiger partial charge on any atom is 0 e. The second kappa shape index (κ2) is 9.50. The molecule has 0 spiro atoms. The van der Waals surface area contributed by atoms with Crippen LogP contribution in [0.3, 0.4) is 0 Å². The van der Waals surface area contributed by atoms with Gasteiger partial charge in [-0.15, -0.1) is 0 Å². The Hall–Kier alpha value is 2.50. The first-order valence-electron chi connectivity index (χ1n) is 0.756. The molecule has 0 heterocycles. The Bertz CT molecular complexity index is 29.5. The average Bonchev–Trinajstić information content (AvgIpc) is 0.722. The van der Waals surface area contributed by atoms with Crippen LogP contribution in [0.15, 0.2) is 0 Å².